The zero-order valence-electron chi connectivity index (χ0n) is 15.4. The summed E-state index contributed by atoms with van der Waals surface area (Å²) in [6.45, 7) is 8.34. The van der Waals surface area contributed by atoms with Gasteiger partial charge in [-0.2, -0.15) is 0 Å². The number of hydrogen-bond acceptors (Lipinski definition) is 4. The molecule has 0 unspecified atom stereocenters. The van der Waals surface area contributed by atoms with Gasteiger partial charge in [-0.3, -0.25) is 0 Å². The molecule has 2 N–H and O–H groups in total. The van der Waals surface area contributed by atoms with Gasteiger partial charge < -0.3 is 19.6 Å². The molecule has 1 aromatic heterocycles. The quantitative estimate of drug-likeness (QED) is 0.826. The summed E-state index contributed by atoms with van der Waals surface area (Å²) in [6.07, 6.45) is 3.92. The highest BCUT2D eigenvalue weighted by Crippen LogP contribution is 2.42. The fraction of sp³-hybridized carbons (Fsp3) is 0.632. The van der Waals surface area contributed by atoms with Crippen molar-refractivity contribution in [1.82, 2.24) is 15.3 Å². The van der Waals surface area contributed by atoms with Crippen molar-refractivity contribution in [3.8, 4) is 0 Å². The van der Waals surface area contributed by atoms with Gasteiger partial charge in [-0.05, 0) is 70.5 Å². The number of piperidine rings is 1. The fourth-order valence-electron chi connectivity index (χ4n) is 4.48. The Bertz CT molecular complexity index is 815. The summed E-state index contributed by atoms with van der Waals surface area (Å²) in [4.78, 5) is 8.38. The van der Waals surface area contributed by atoms with Crippen LogP contribution in [0.25, 0.3) is 11.0 Å². The second-order valence-corrected chi connectivity index (χ2v) is 8.90. The van der Waals surface area contributed by atoms with Gasteiger partial charge in [0.1, 0.15) is 5.82 Å². The van der Waals surface area contributed by atoms with Crippen LogP contribution in [0.4, 0.5) is 0 Å². The predicted molar refractivity (Wildman–Crippen MR) is 98.8 cm³/mol. The van der Waals surface area contributed by atoms with Gasteiger partial charge in [0.15, 0.2) is 0 Å². The first-order valence-electron chi connectivity index (χ1n) is 9.44. The Labute approximate surface area is 149 Å². The minimum Gasteiger partial charge on any atom is -0.399 e. The van der Waals surface area contributed by atoms with Crippen molar-refractivity contribution in [2.24, 2.45) is 5.92 Å². The number of aromatic nitrogens is 2. The molecule has 2 bridgehead atoms. The van der Waals surface area contributed by atoms with Gasteiger partial charge in [0, 0.05) is 6.04 Å². The van der Waals surface area contributed by atoms with Gasteiger partial charge in [-0.15, -0.1) is 0 Å². The van der Waals surface area contributed by atoms with E-state index in [1.54, 1.807) is 0 Å². The van der Waals surface area contributed by atoms with Crippen LogP contribution in [0, 0.1) is 5.92 Å². The molecule has 1 aromatic carbocycles. The number of fused-ring (bicyclic) bond motifs is 3. The van der Waals surface area contributed by atoms with Crippen LogP contribution in [0.1, 0.15) is 58.8 Å². The Morgan fingerprint density at radius 1 is 1.12 bits per heavy atom. The normalized spacial score (nSPS) is 32.8. The van der Waals surface area contributed by atoms with Gasteiger partial charge in [0.05, 0.1) is 28.3 Å². The molecule has 3 fully saturated rings. The average molecular weight is 339 g/mol. The van der Waals surface area contributed by atoms with Crippen LogP contribution in [0.3, 0.4) is 0 Å². The molecular weight excluding hydrogens is 313 g/mol. The monoisotopic (exact) mass is 339 g/mol. The molecule has 2 aliphatic heterocycles. The molecule has 3 atom stereocenters. The van der Waals surface area contributed by atoms with Crippen LogP contribution in [-0.2, 0) is 9.31 Å². The number of imidazole rings is 1. The van der Waals surface area contributed by atoms with Gasteiger partial charge in [0.2, 0.25) is 0 Å². The highest BCUT2D eigenvalue weighted by Gasteiger charge is 2.51. The average Bonchev–Trinajstić information content (AvgIpc) is 3.29. The van der Waals surface area contributed by atoms with E-state index in [1.165, 1.54) is 19.3 Å². The highest BCUT2D eigenvalue weighted by molar-refractivity contribution is 6.62. The zero-order valence-corrected chi connectivity index (χ0v) is 15.4. The van der Waals surface area contributed by atoms with E-state index < -0.39 is 0 Å². The summed E-state index contributed by atoms with van der Waals surface area (Å²) < 4.78 is 12.4. The van der Waals surface area contributed by atoms with Crippen LogP contribution >= 0.6 is 0 Å². The molecule has 2 aromatic rings. The molecule has 25 heavy (non-hydrogen) atoms. The van der Waals surface area contributed by atoms with Crippen LogP contribution in [0.5, 0.6) is 0 Å². The van der Waals surface area contributed by atoms with E-state index in [0.717, 1.165) is 28.2 Å². The van der Waals surface area contributed by atoms with E-state index in [2.05, 4.69) is 56.2 Å². The summed E-state index contributed by atoms with van der Waals surface area (Å²) in [5, 5.41) is 3.72. The molecular formula is C19H26BN3O2. The second kappa shape index (κ2) is 5.09. The summed E-state index contributed by atoms with van der Waals surface area (Å²) >= 11 is 0. The van der Waals surface area contributed by atoms with Crippen molar-refractivity contribution in [2.45, 2.75) is 70.2 Å². The third kappa shape index (κ3) is 2.38. The number of aromatic amines is 1. The SMILES string of the molecule is CC1(C)OB(c2ccc3nc([C@H]4N[C@@H]5CC[C@H]4C5)[nH]c3c2)OC1(C)C. The lowest BCUT2D eigenvalue weighted by Crippen LogP contribution is -2.41. The fourth-order valence-corrected chi connectivity index (χ4v) is 4.48. The van der Waals surface area contributed by atoms with Crippen LogP contribution < -0.4 is 10.8 Å². The van der Waals surface area contributed by atoms with Crippen LogP contribution in [0.2, 0.25) is 0 Å². The lowest BCUT2D eigenvalue weighted by Gasteiger charge is -2.32. The van der Waals surface area contributed by atoms with Crippen LogP contribution in [-0.4, -0.2) is 34.3 Å². The molecule has 3 aliphatic rings. The Morgan fingerprint density at radius 3 is 2.52 bits per heavy atom. The van der Waals surface area contributed by atoms with Gasteiger partial charge in [0.25, 0.3) is 0 Å². The number of benzene rings is 1. The summed E-state index contributed by atoms with van der Waals surface area (Å²) in [5.74, 6) is 1.81. The van der Waals surface area contributed by atoms with E-state index in [0.29, 0.717) is 12.1 Å². The number of nitrogens with zero attached hydrogens (tertiary/aromatic N) is 1. The number of rotatable bonds is 2. The topological polar surface area (TPSA) is 59.2 Å². The molecule has 0 radical (unpaired) electrons. The molecule has 132 valence electrons. The number of hydrogen-bond donors (Lipinski definition) is 2. The second-order valence-electron chi connectivity index (χ2n) is 8.90. The van der Waals surface area contributed by atoms with Crippen molar-refractivity contribution in [1.29, 1.82) is 0 Å². The number of H-pyrrole nitrogens is 1. The predicted octanol–water partition coefficient (Wildman–Crippen LogP) is 2.68. The molecule has 6 heteroatoms. The molecule has 0 amide bonds. The van der Waals surface area contributed by atoms with E-state index in [4.69, 9.17) is 14.3 Å². The molecule has 0 spiro atoms. The summed E-state index contributed by atoms with van der Waals surface area (Å²) in [6, 6.07) is 7.34. The minimum absolute atomic E-state index is 0.321. The van der Waals surface area contributed by atoms with E-state index in [-0.39, 0.29) is 18.3 Å². The van der Waals surface area contributed by atoms with E-state index in [9.17, 15) is 0 Å². The molecule has 5 rings (SSSR count). The van der Waals surface area contributed by atoms with Crippen molar-refractivity contribution in [3.63, 3.8) is 0 Å². The van der Waals surface area contributed by atoms with Crippen molar-refractivity contribution < 1.29 is 9.31 Å². The molecule has 3 heterocycles. The van der Waals surface area contributed by atoms with Crippen molar-refractivity contribution >= 4 is 23.6 Å². The van der Waals surface area contributed by atoms with Crippen molar-refractivity contribution in [2.75, 3.05) is 0 Å². The standard InChI is InChI=1S/C19H26BN3O2/c1-18(2)19(3,4)25-20(24-18)12-6-8-14-15(10-12)23-17(22-14)16-11-5-7-13(9-11)21-16/h6,8,10-11,13,16,21H,5,7,9H2,1-4H3,(H,22,23)/t11-,13+,16-/m0/s1. The Balaban J connectivity index is 1.45. The molecule has 5 nitrogen and oxygen atoms in total. The van der Waals surface area contributed by atoms with Gasteiger partial charge in [-0.25, -0.2) is 4.98 Å². The smallest absolute Gasteiger partial charge is 0.399 e. The third-order valence-electron chi connectivity index (χ3n) is 6.70. The Morgan fingerprint density at radius 2 is 1.88 bits per heavy atom. The Kier molecular flexibility index (Phi) is 3.23. The first kappa shape index (κ1) is 15.9. The van der Waals surface area contributed by atoms with Crippen molar-refractivity contribution in [3.05, 3.63) is 24.0 Å². The third-order valence-corrected chi connectivity index (χ3v) is 6.70. The van der Waals surface area contributed by atoms with Gasteiger partial charge in [-0.1, -0.05) is 6.07 Å². The lowest BCUT2D eigenvalue weighted by atomic mass is 9.79. The molecule has 2 saturated heterocycles. The van der Waals surface area contributed by atoms with E-state index in [1.807, 2.05) is 0 Å². The molecule has 1 saturated carbocycles. The maximum absolute atomic E-state index is 6.18. The lowest BCUT2D eigenvalue weighted by molar-refractivity contribution is 0.00578. The maximum atomic E-state index is 6.18. The number of nitrogens with one attached hydrogen (secondary N) is 2. The van der Waals surface area contributed by atoms with Gasteiger partial charge >= 0.3 is 7.12 Å². The minimum atomic E-state index is -0.332. The largest absolute Gasteiger partial charge is 0.494 e. The first-order valence-corrected chi connectivity index (χ1v) is 9.44. The highest BCUT2D eigenvalue weighted by atomic mass is 16.7. The first-order chi connectivity index (χ1) is 11.8. The zero-order chi connectivity index (χ0) is 17.4. The summed E-state index contributed by atoms with van der Waals surface area (Å²) in [7, 11) is -0.332. The maximum Gasteiger partial charge on any atom is 0.494 e. The molecule has 1 aliphatic carbocycles. The van der Waals surface area contributed by atoms with Crippen LogP contribution in [0.15, 0.2) is 18.2 Å². The summed E-state index contributed by atoms with van der Waals surface area (Å²) in [5.41, 5.74) is 2.48. The van der Waals surface area contributed by atoms with E-state index >= 15 is 0 Å². The Hall–Kier alpha value is -1.37.